The number of thiophene rings is 1. The van der Waals surface area contributed by atoms with Crippen LogP contribution in [0.1, 0.15) is 31.1 Å². The predicted molar refractivity (Wildman–Crippen MR) is 80.4 cm³/mol. The lowest BCUT2D eigenvalue weighted by atomic mass is 9.84. The second-order valence-corrected chi connectivity index (χ2v) is 6.86. The van der Waals surface area contributed by atoms with Gasteiger partial charge in [-0.3, -0.25) is 19.8 Å². The van der Waals surface area contributed by atoms with E-state index in [1.165, 1.54) is 11.3 Å². The average molecular weight is 312 g/mol. The highest BCUT2D eigenvalue weighted by atomic mass is 32.1. The van der Waals surface area contributed by atoms with Crippen molar-refractivity contribution in [3.63, 3.8) is 0 Å². The normalized spacial score (nSPS) is 21.1. The lowest BCUT2D eigenvalue weighted by molar-refractivity contribution is -0.380. The van der Waals surface area contributed by atoms with Crippen molar-refractivity contribution >= 4 is 22.3 Å². The van der Waals surface area contributed by atoms with Crippen molar-refractivity contribution in [1.82, 2.24) is 4.90 Å². The molecule has 6 nitrogen and oxygen atoms in total. The molecule has 1 saturated heterocycles. The summed E-state index contributed by atoms with van der Waals surface area (Å²) >= 11 is 1.22. The minimum atomic E-state index is -0.742. The first-order chi connectivity index (χ1) is 9.95. The zero-order chi connectivity index (χ0) is 15.4. The van der Waals surface area contributed by atoms with E-state index in [0.29, 0.717) is 5.92 Å². The Balaban J connectivity index is 1.91. The standard InChI is InChI=1S/C14H20N2O4S/c1-10(7-14(17)18)11-3-2-6-15(8-11)9-12-4-5-13(21-12)16(19)20/h4-5,10-11H,2-3,6-9H2,1H3,(H,17,18). The summed E-state index contributed by atoms with van der Waals surface area (Å²) in [5.74, 6) is -0.179. The van der Waals surface area contributed by atoms with Gasteiger partial charge in [0.05, 0.1) is 4.92 Å². The van der Waals surface area contributed by atoms with E-state index < -0.39 is 5.97 Å². The minimum Gasteiger partial charge on any atom is -0.481 e. The number of likely N-dealkylation sites (tertiary alicyclic amines) is 1. The average Bonchev–Trinajstić information content (AvgIpc) is 2.87. The van der Waals surface area contributed by atoms with E-state index in [2.05, 4.69) is 4.90 Å². The Labute approximate surface area is 127 Å². The molecule has 1 aromatic rings. The molecule has 0 radical (unpaired) electrons. The number of rotatable bonds is 6. The van der Waals surface area contributed by atoms with Crippen LogP contribution < -0.4 is 0 Å². The molecule has 0 saturated carbocycles. The Hall–Kier alpha value is -1.47. The molecule has 0 amide bonds. The molecular weight excluding hydrogens is 292 g/mol. The topological polar surface area (TPSA) is 83.7 Å². The molecule has 1 aromatic heterocycles. The molecule has 1 aliphatic rings. The van der Waals surface area contributed by atoms with Gasteiger partial charge in [0.1, 0.15) is 0 Å². The van der Waals surface area contributed by atoms with Crippen molar-refractivity contribution in [3.05, 3.63) is 27.1 Å². The smallest absolute Gasteiger partial charge is 0.324 e. The fraction of sp³-hybridized carbons (Fsp3) is 0.643. The van der Waals surface area contributed by atoms with Crippen LogP contribution in [-0.2, 0) is 11.3 Å². The van der Waals surface area contributed by atoms with Crippen LogP contribution in [0.3, 0.4) is 0 Å². The molecule has 116 valence electrons. The Morgan fingerprint density at radius 1 is 1.62 bits per heavy atom. The number of carboxylic acids is 1. The van der Waals surface area contributed by atoms with Gasteiger partial charge >= 0.3 is 11.0 Å². The largest absolute Gasteiger partial charge is 0.481 e. The zero-order valence-corrected chi connectivity index (χ0v) is 12.8. The van der Waals surface area contributed by atoms with Crippen LogP contribution in [0.15, 0.2) is 12.1 Å². The van der Waals surface area contributed by atoms with E-state index in [0.717, 1.165) is 37.4 Å². The Morgan fingerprint density at radius 2 is 2.38 bits per heavy atom. The zero-order valence-electron chi connectivity index (χ0n) is 12.0. The number of nitrogens with zero attached hydrogens (tertiary/aromatic N) is 2. The third kappa shape index (κ3) is 4.50. The molecular formula is C14H20N2O4S. The summed E-state index contributed by atoms with van der Waals surface area (Å²) in [7, 11) is 0. The second-order valence-electron chi connectivity index (χ2n) is 5.71. The summed E-state index contributed by atoms with van der Waals surface area (Å²) in [6, 6.07) is 3.36. The van der Waals surface area contributed by atoms with Gasteiger partial charge in [0, 0.05) is 30.5 Å². The SMILES string of the molecule is CC(CC(=O)O)C1CCCN(Cc2ccc([N+](=O)[O-])s2)C1. The highest BCUT2D eigenvalue weighted by Crippen LogP contribution is 2.29. The molecule has 0 aliphatic carbocycles. The highest BCUT2D eigenvalue weighted by molar-refractivity contribution is 7.15. The van der Waals surface area contributed by atoms with Crippen molar-refractivity contribution in [2.45, 2.75) is 32.7 Å². The molecule has 0 bridgehead atoms. The molecule has 0 spiro atoms. The van der Waals surface area contributed by atoms with E-state index in [1.54, 1.807) is 6.07 Å². The fourth-order valence-electron chi connectivity index (χ4n) is 2.91. The maximum Gasteiger partial charge on any atom is 0.324 e. The van der Waals surface area contributed by atoms with Crippen molar-refractivity contribution in [2.75, 3.05) is 13.1 Å². The molecule has 7 heteroatoms. The van der Waals surface area contributed by atoms with Gasteiger partial charge in [-0.15, -0.1) is 0 Å². The van der Waals surface area contributed by atoms with Gasteiger partial charge in [-0.05, 0) is 37.3 Å². The maximum atomic E-state index is 10.8. The molecule has 2 heterocycles. The lowest BCUT2D eigenvalue weighted by Crippen LogP contribution is -2.37. The Kier molecular flexibility index (Phi) is 5.30. The van der Waals surface area contributed by atoms with Gasteiger partial charge in [0.25, 0.3) is 0 Å². The fourth-order valence-corrected chi connectivity index (χ4v) is 3.77. The summed E-state index contributed by atoms with van der Waals surface area (Å²) in [4.78, 5) is 24.4. The van der Waals surface area contributed by atoms with Crippen LogP contribution in [0.5, 0.6) is 0 Å². The highest BCUT2D eigenvalue weighted by Gasteiger charge is 2.26. The first-order valence-corrected chi connectivity index (χ1v) is 7.94. The molecule has 1 aliphatic heterocycles. The number of aliphatic carboxylic acids is 1. The van der Waals surface area contributed by atoms with Crippen molar-refractivity contribution in [3.8, 4) is 0 Å². The van der Waals surface area contributed by atoms with Gasteiger partial charge in [-0.1, -0.05) is 18.3 Å². The van der Waals surface area contributed by atoms with Gasteiger partial charge in [-0.25, -0.2) is 0 Å². The first kappa shape index (κ1) is 15.9. The molecule has 1 fully saturated rings. The lowest BCUT2D eigenvalue weighted by Gasteiger charge is -2.35. The van der Waals surface area contributed by atoms with Crippen LogP contribution in [0.4, 0.5) is 5.00 Å². The van der Waals surface area contributed by atoms with Gasteiger partial charge < -0.3 is 5.11 Å². The van der Waals surface area contributed by atoms with E-state index in [1.807, 2.05) is 13.0 Å². The summed E-state index contributed by atoms with van der Waals surface area (Å²) in [5, 5.41) is 19.8. The maximum absolute atomic E-state index is 10.8. The third-order valence-electron chi connectivity index (χ3n) is 4.05. The third-order valence-corrected chi connectivity index (χ3v) is 5.07. The molecule has 1 N–H and O–H groups in total. The molecule has 2 rings (SSSR count). The van der Waals surface area contributed by atoms with Crippen LogP contribution in [0, 0.1) is 22.0 Å². The Bertz CT molecular complexity index is 517. The van der Waals surface area contributed by atoms with Crippen molar-refractivity contribution < 1.29 is 14.8 Å². The Morgan fingerprint density at radius 3 is 3.00 bits per heavy atom. The number of piperidine rings is 1. The number of carboxylic acid groups (broad SMARTS) is 1. The number of hydrogen-bond acceptors (Lipinski definition) is 5. The monoisotopic (exact) mass is 312 g/mol. The number of hydrogen-bond donors (Lipinski definition) is 1. The van der Waals surface area contributed by atoms with Crippen LogP contribution in [-0.4, -0.2) is 34.0 Å². The summed E-state index contributed by atoms with van der Waals surface area (Å²) in [6.45, 7) is 4.56. The molecule has 21 heavy (non-hydrogen) atoms. The quantitative estimate of drug-likeness (QED) is 0.645. The summed E-state index contributed by atoms with van der Waals surface area (Å²) in [5.41, 5.74) is 0. The second kappa shape index (κ2) is 7.00. The van der Waals surface area contributed by atoms with Crippen molar-refractivity contribution in [2.24, 2.45) is 11.8 Å². The molecule has 2 atom stereocenters. The van der Waals surface area contributed by atoms with Crippen molar-refractivity contribution in [1.29, 1.82) is 0 Å². The molecule has 2 unspecified atom stereocenters. The van der Waals surface area contributed by atoms with E-state index in [-0.39, 0.29) is 22.3 Å². The van der Waals surface area contributed by atoms with E-state index in [9.17, 15) is 14.9 Å². The molecule has 0 aromatic carbocycles. The van der Waals surface area contributed by atoms with E-state index in [4.69, 9.17) is 5.11 Å². The summed E-state index contributed by atoms with van der Waals surface area (Å²) < 4.78 is 0. The number of carbonyl (C=O) groups is 1. The first-order valence-electron chi connectivity index (χ1n) is 7.13. The number of nitro groups is 1. The van der Waals surface area contributed by atoms with Gasteiger partial charge in [-0.2, -0.15) is 0 Å². The van der Waals surface area contributed by atoms with Crippen LogP contribution in [0.2, 0.25) is 0 Å². The predicted octanol–water partition coefficient (Wildman–Crippen LogP) is 2.98. The minimum absolute atomic E-state index is 0.169. The van der Waals surface area contributed by atoms with Gasteiger partial charge in [0.15, 0.2) is 0 Å². The van der Waals surface area contributed by atoms with Gasteiger partial charge in [0.2, 0.25) is 0 Å². The van der Waals surface area contributed by atoms with E-state index >= 15 is 0 Å². The van der Waals surface area contributed by atoms with Crippen LogP contribution >= 0.6 is 11.3 Å². The van der Waals surface area contributed by atoms with Crippen LogP contribution in [0.25, 0.3) is 0 Å². The summed E-state index contributed by atoms with van der Waals surface area (Å²) in [6.07, 6.45) is 2.33.